The molecule has 0 aliphatic rings. The molecular formula is C6H13N3Se. The quantitative estimate of drug-likeness (QED) is 0.348. The Bertz CT molecular complexity index is 140. The molecule has 0 aromatic rings. The van der Waals surface area contributed by atoms with E-state index in [0.29, 0.717) is 0 Å². The molecule has 0 heterocycles. The molecule has 0 amide bonds. The first kappa shape index (κ1) is 9.66. The van der Waals surface area contributed by atoms with Gasteiger partial charge < -0.3 is 0 Å². The molecule has 0 radical (unpaired) electrons. The van der Waals surface area contributed by atoms with Crippen molar-refractivity contribution in [1.29, 1.82) is 0 Å². The molecule has 58 valence electrons. The van der Waals surface area contributed by atoms with Crippen LogP contribution in [0.25, 0.3) is 0 Å². The summed E-state index contributed by atoms with van der Waals surface area (Å²) in [6, 6.07) is 0. The predicted octanol–water partition coefficient (Wildman–Crippen LogP) is -0.606. The van der Waals surface area contributed by atoms with Gasteiger partial charge in [-0.25, -0.2) is 0 Å². The standard InChI is InChI=1S/C6H13N3Se/c1-8(2)5-7-6(10)9(3)4/h5H,1-4H3/b7-5+. The molecule has 3 nitrogen and oxygen atoms in total. The maximum atomic E-state index is 4.11. The Morgan fingerprint density at radius 3 is 2.10 bits per heavy atom. The summed E-state index contributed by atoms with van der Waals surface area (Å²) in [5.74, 6) is 0. The first-order chi connectivity index (χ1) is 4.54. The molecule has 0 spiro atoms. The van der Waals surface area contributed by atoms with E-state index in [2.05, 4.69) is 20.6 Å². The summed E-state index contributed by atoms with van der Waals surface area (Å²) >= 11 is 2.85. The fourth-order valence-electron chi connectivity index (χ4n) is 0.280. The van der Waals surface area contributed by atoms with E-state index in [-0.39, 0.29) is 0 Å². The Morgan fingerprint density at radius 1 is 1.30 bits per heavy atom. The molecule has 0 saturated heterocycles. The Hall–Kier alpha value is -0.341. The number of nitrogens with zero attached hydrogens (tertiary/aromatic N) is 3. The third-order valence-electron chi connectivity index (χ3n) is 0.782. The van der Waals surface area contributed by atoms with Gasteiger partial charge in [-0.2, -0.15) is 0 Å². The fourth-order valence-corrected chi connectivity index (χ4v) is 0.379. The van der Waals surface area contributed by atoms with E-state index < -0.39 is 0 Å². The zero-order valence-corrected chi connectivity index (χ0v) is 8.54. The Balaban J connectivity index is 3.79. The number of hydrogen-bond acceptors (Lipinski definition) is 2. The summed E-state index contributed by atoms with van der Waals surface area (Å²) < 4.78 is 0.883. The first-order valence-electron chi connectivity index (χ1n) is 2.96. The normalized spacial score (nSPS) is 10.0. The van der Waals surface area contributed by atoms with Crippen molar-refractivity contribution in [2.75, 3.05) is 28.2 Å². The van der Waals surface area contributed by atoms with E-state index in [1.807, 2.05) is 38.0 Å². The van der Waals surface area contributed by atoms with Gasteiger partial charge in [-0.15, -0.1) is 0 Å². The summed E-state index contributed by atoms with van der Waals surface area (Å²) in [6.45, 7) is 0. The van der Waals surface area contributed by atoms with Crippen LogP contribution in [0.15, 0.2) is 4.99 Å². The molecule has 0 rings (SSSR count). The average molecular weight is 206 g/mol. The average Bonchev–Trinajstić information content (AvgIpc) is 1.82. The summed E-state index contributed by atoms with van der Waals surface area (Å²) in [5.41, 5.74) is 0. The number of aliphatic imine (C=N–C) groups is 1. The van der Waals surface area contributed by atoms with Gasteiger partial charge in [0, 0.05) is 0 Å². The molecular weight excluding hydrogens is 193 g/mol. The van der Waals surface area contributed by atoms with Crippen molar-refractivity contribution < 1.29 is 0 Å². The number of rotatable bonds is 3. The maximum absolute atomic E-state index is 4.11. The van der Waals surface area contributed by atoms with Crippen LogP contribution in [0.3, 0.4) is 0 Å². The zero-order chi connectivity index (χ0) is 8.15. The van der Waals surface area contributed by atoms with Gasteiger partial charge in [0.05, 0.1) is 0 Å². The van der Waals surface area contributed by atoms with Gasteiger partial charge in [-0.05, 0) is 0 Å². The van der Waals surface area contributed by atoms with Crippen molar-refractivity contribution in [3.63, 3.8) is 0 Å². The van der Waals surface area contributed by atoms with Crippen LogP contribution in [-0.2, 0) is 0 Å². The van der Waals surface area contributed by atoms with Crippen molar-refractivity contribution in [3.8, 4) is 0 Å². The van der Waals surface area contributed by atoms with Crippen LogP contribution in [-0.4, -0.2) is 64.6 Å². The van der Waals surface area contributed by atoms with Gasteiger partial charge in [0.25, 0.3) is 0 Å². The van der Waals surface area contributed by atoms with Crippen molar-refractivity contribution in [2.45, 2.75) is 0 Å². The number of hydrogen-bond donors (Lipinski definition) is 0. The molecule has 0 bridgehead atoms. The Kier molecular flexibility index (Phi) is 4.32. The van der Waals surface area contributed by atoms with Crippen LogP contribution < -0.4 is 0 Å². The van der Waals surface area contributed by atoms with Crippen LogP contribution in [0.2, 0.25) is 0 Å². The van der Waals surface area contributed by atoms with Crippen LogP contribution in [0, 0.1) is 0 Å². The van der Waals surface area contributed by atoms with Crippen LogP contribution in [0.5, 0.6) is 0 Å². The molecule has 0 atom stereocenters. The second-order valence-corrected chi connectivity index (χ2v) is 3.15. The monoisotopic (exact) mass is 207 g/mol. The van der Waals surface area contributed by atoms with Gasteiger partial charge in [-0.3, -0.25) is 0 Å². The first-order valence-corrected chi connectivity index (χ1v) is 3.81. The van der Waals surface area contributed by atoms with Gasteiger partial charge in [0.2, 0.25) is 0 Å². The summed E-state index contributed by atoms with van der Waals surface area (Å²) in [5, 5.41) is 0. The molecule has 0 aromatic heterocycles. The van der Waals surface area contributed by atoms with E-state index in [4.69, 9.17) is 0 Å². The Labute approximate surface area is 70.1 Å². The Morgan fingerprint density at radius 2 is 1.80 bits per heavy atom. The van der Waals surface area contributed by atoms with Gasteiger partial charge in [0.1, 0.15) is 0 Å². The van der Waals surface area contributed by atoms with Gasteiger partial charge in [0.15, 0.2) is 0 Å². The topological polar surface area (TPSA) is 18.8 Å². The van der Waals surface area contributed by atoms with Crippen LogP contribution in [0.4, 0.5) is 0 Å². The predicted molar refractivity (Wildman–Crippen MR) is 46.6 cm³/mol. The SMILES string of the molecule is CN(C)/C=N/C(=[Se])N(C)C. The zero-order valence-electron chi connectivity index (χ0n) is 6.83. The minimum absolute atomic E-state index is 0.883. The second kappa shape index (κ2) is 4.47. The molecule has 0 aromatic carbocycles. The van der Waals surface area contributed by atoms with Crippen molar-refractivity contribution in [3.05, 3.63) is 0 Å². The van der Waals surface area contributed by atoms with Crippen LogP contribution in [0.1, 0.15) is 0 Å². The van der Waals surface area contributed by atoms with Crippen molar-refractivity contribution in [2.24, 2.45) is 4.99 Å². The minimum atomic E-state index is 0.883. The second-order valence-electron chi connectivity index (χ2n) is 2.39. The van der Waals surface area contributed by atoms with Gasteiger partial charge >= 0.3 is 69.6 Å². The van der Waals surface area contributed by atoms with E-state index in [1.54, 1.807) is 6.34 Å². The molecule has 0 fully saturated rings. The van der Waals surface area contributed by atoms with Crippen molar-refractivity contribution in [1.82, 2.24) is 9.80 Å². The fraction of sp³-hybridized carbons (Fsp3) is 0.667. The molecule has 0 unspecified atom stereocenters. The summed E-state index contributed by atoms with van der Waals surface area (Å²) in [7, 11) is 7.76. The molecule has 0 saturated carbocycles. The molecule has 4 heteroatoms. The van der Waals surface area contributed by atoms with E-state index in [0.717, 1.165) is 4.67 Å². The van der Waals surface area contributed by atoms with Crippen molar-refractivity contribution >= 4 is 26.6 Å². The van der Waals surface area contributed by atoms with E-state index >= 15 is 0 Å². The van der Waals surface area contributed by atoms with E-state index in [9.17, 15) is 0 Å². The summed E-state index contributed by atoms with van der Waals surface area (Å²) in [6.07, 6.45) is 1.76. The molecule has 0 N–H and O–H groups in total. The molecule has 0 aliphatic carbocycles. The third-order valence-corrected chi connectivity index (χ3v) is 1.77. The van der Waals surface area contributed by atoms with E-state index in [1.165, 1.54) is 0 Å². The van der Waals surface area contributed by atoms with Gasteiger partial charge in [-0.1, -0.05) is 0 Å². The van der Waals surface area contributed by atoms with Crippen LogP contribution >= 0.6 is 0 Å². The molecule has 0 aliphatic heterocycles. The summed E-state index contributed by atoms with van der Waals surface area (Å²) in [4.78, 5) is 7.92. The third kappa shape index (κ3) is 4.53. The molecule has 10 heavy (non-hydrogen) atoms.